The van der Waals surface area contributed by atoms with Crippen molar-refractivity contribution in [3.8, 4) is 11.1 Å². The summed E-state index contributed by atoms with van der Waals surface area (Å²) in [6.45, 7) is 1.29. The molecule has 0 bridgehead atoms. The van der Waals surface area contributed by atoms with Gasteiger partial charge in [0.05, 0.1) is 16.6 Å². The number of carbonyl (C=O) groups is 1. The van der Waals surface area contributed by atoms with Crippen molar-refractivity contribution in [3.63, 3.8) is 0 Å². The summed E-state index contributed by atoms with van der Waals surface area (Å²) in [5.41, 5.74) is 4.40. The van der Waals surface area contributed by atoms with Gasteiger partial charge in [-0.1, -0.05) is 54.6 Å². The van der Waals surface area contributed by atoms with E-state index in [1.54, 1.807) is 30.5 Å². The number of alkyl halides is 3. The Morgan fingerprint density at radius 3 is 2.48 bits per heavy atom. The lowest BCUT2D eigenvalue weighted by Gasteiger charge is -2.08. The molecule has 0 aliphatic heterocycles. The molecule has 3 heterocycles. The van der Waals surface area contributed by atoms with Gasteiger partial charge >= 0.3 is 6.18 Å². The molecular weight excluding hydrogens is 517 g/mol. The Balaban J connectivity index is 1.18. The van der Waals surface area contributed by atoms with Crippen molar-refractivity contribution in [2.24, 2.45) is 0 Å². The van der Waals surface area contributed by atoms with Gasteiger partial charge in [-0.05, 0) is 53.1 Å². The largest absolute Gasteiger partial charge is 0.416 e. The van der Waals surface area contributed by atoms with Gasteiger partial charge in [0.25, 0.3) is 5.91 Å². The van der Waals surface area contributed by atoms with Gasteiger partial charge in [0.15, 0.2) is 0 Å². The quantitative estimate of drug-likeness (QED) is 0.218. The molecule has 0 aliphatic rings. The number of hydrogen-bond donors (Lipinski definition) is 3. The molecule has 3 aromatic carbocycles. The fourth-order valence-electron chi connectivity index (χ4n) is 4.54. The van der Waals surface area contributed by atoms with E-state index in [1.807, 2.05) is 40.8 Å². The van der Waals surface area contributed by atoms with Crippen molar-refractivity contribution >= 4 is 28.5 Å². The third-order valence-corrected chi connectivity index (χ3v) is 6.53. The molecule has 6 rings (SSSR count). The summed E-state index contributed by atoms with van der Waals surface area (Å²) >= 11 is 0. The lowest BCUT2D eigenvalue weighted by Crippen LogP contribution is -2.15. The van der Waals surface area contributed by atoms with E-state index in [0.29, 0.717) is 40.9 Å². The van der Waals surface area contributed by atoms with E-state index in [4.69, 9.17) is 0 Å². The fourth-order valence-corrected chi connectivity index (χ4v) is 4.54. The standard InChI is InChI=1S/C30H23F3N6O/c31-30(32,33)22-9-4-8-20(14-22)21-12-13-24-25(15-21)37-29(36-24)38-28(40)26-18-39-23(10-5-11-27(39)35-26)17-34-16-19-6-2-1-3-7-19/h1-15,18,34H,16-17H2,(H2,36,37,38,40). The molecule has 40 heavy (non-hydrogen) atoms. The number of aromatic amines is 1. The molecule has 200 valence electrons. The average molecular weight is 541 g/mol. The molecule has 0 saturated heterocycles. The highest BCUT2D eigenvalue weighted by atomic mass is 19.4. The number of fused-ring (bicyclic) bond motifs is 2. The Labute approximate surface area is 226 Å². The Bertz CT molecular complexity index is 1820. The molecule has 0 unspecified atom stereocenters. The molecule has 0 fully saturated rings. The van der Waals surface area contributed by atoms with Crippen LogP contribution in [0.5, 0.6) is 0 Å². The molecule has 6 aromatic rings. The summed E-state index contributed by atoms with van der Waals surface area (Å²) in [7, 11) is 0. The van der Waals surface area contributed by atoms with Crippen molar-refractivity contribution in [3.05, 3.63) is 120 Å². The van der Waals surface area contributed by atoms with Crippen molar-refractivity contribution in [1.29, 1.82) is 0 Å². The number of rotatable bonds is 7. The predicted molar refractivity (Wildman–Crippen MR) is 147 cm³/mol. The maximum atomic E-state index is 13.1. The Morgan fingerprint density at radius 1 is 0.850 bits per heavy atom. The van der Waals surface area contributed by atoms with Crippen LogP contribution in [0.15, 0.2) is 97.2 Å². The van der Waals surface area contributed by atoms with Gasteiger partial charge in [0.2, 0.25) is 5.95 Å². The monoisotopic (exact) mass is 540 g/mol. The van der Waals surface area contributed by atoms with Gasteiger partial charge in [-0.25, -0.2) is 9.97 Å². The van der Waals surface area contributed by atoms with Gasteiger partial charge in [-0.15, -0.1) is 0 Å². The number of imidazole rings is 2. The normalized spacial score (nSPS) is 11.8. The van der Waals surface area contributed by atoms with Crippen LogP contribution in [0, 0.1) is 0 Å². The van der Waals surface area contributed by atoms with E-state index < -0.39 is 17.6 Å². The number of amides is 1. The second-order valence-electron chi connectivity index (χ2n) is 9.31. The van der Waals surface area contributed by atoms with Gasteiger partial charge in [-0.3, -0.25) is 10.1 Å². The summed E-state index contributed by atoms with van der Waals surface area (Å²) in [4.78, 5) is 24.9. The van der Waals surface area contributed by atoms with Crippen LogP contribution in [-0.2, 0) is 19.3 Å². The molecule has 0 saturated carbocycles. The fraction of sp³-hybridized carbons (Fsp3) is 0.100. The second-order valence-corrected chi connectivity index (χ2v) is 9.31. The van der Waals surface area contributed by atoms with Crippen LogP contribution in [0.2, 0.25) is 0 Å². The zero-order chi connectivity index (χ0) is 27.7. The predicted octanol–water partition coefficient (Wildman–Crippen LogP) is 6.44. The molecule has 0 atom stereocenters. The van der Waals surface area contributed by atoms with E-state index in [9.17, 15) is 18.0 Å². The first-order valence-electron chi connectivity index (χ1n) is 12.5. The van der Waals surface area contributed by atoms with E-state index in [2.05, 4.69) is 37.7 Å². The van der Waals surface area contributed by atoms with Crippen LogP contribution in [0.25, 0.3) is 27.8 Å². The van der Waals surface area contributed by atoms with Crippen LogP contribution in [0.4, 0.5) is 19.1 Å². The Hall–Kier alpha value is -4.96. The Morgan fingerprint density at radius 2 is 1.65 bits per heavy atom. The molecule has 10 heteroatoms. The van der Waals surface area contributed by atoms with E-state index >= 15 is 0 Å². The smallest absolute Gasteiger partial charge is 0.324 e. The minimum Gasteiger partial charge on any atom is -0.324 e. The zero-order valence-corrected chi connectivity index (χ0v) is 21.0. The zero-order valence-electron chi connectivity index (χ0n) is 21.0. The van der Waals surface area contributed by atoms with Crippen LogP contribution >= 0.6 is 0 Å². The minimum atomic E-state index is -4.43. The van der Waals surface area contributed by atoms with Gasteiger partial charge < -0.3 is 14.7 Å². The maximum absolute atomic E-state index is 13.1. The van der Waals surface area contributed by atoms with E-state index in [0.717, 1.165) is 17.8 Å². The summed E-state index contributed by atoms with van der Waals surface area (Å²) in [6, 6.07) is 26.0. The van der Waals surface area contributed by atoms with Crippen LogP contribution in [-0.4, -0.2) is 25.3 Å². The first kappa shape index (κ1) is 25.3. The number of hydrogen-bond acceptors (Lipinski definition) is 4. The van der Waals surface area contributed by atoms with Gasteiger partial charge in [-0.2, -0.15) is 13.2 Å². The molecule has 0 radical (unpaired) electrons. The van der Waals surface area contributed by atoms with E-state index in [1.165, 1.54) is 11.6 Å². The van der Waals surface area contributed by atoms with Crippen LogP contribution < -0.4 is 10.6 Å². The number of benzene rings is 3. The average Bonchev–Trinajstić information content (AvgIpc) is 3.57. The molecule has 1 amide bonds. The highest BCUT2D eigenvalue weighted by Gasteiger charge is 2.30. The lowest BCUT2D eigenvalue weighted by molar-refractivity contribution is -0.137. The molecule has 3 N–H and O–H groups in total. The number of anilines is 1. The topological polar surface area (TPSA) is 87.1 Å². The first-order chi connectivity index (χ1) is 19.3. The second kappa shape index (κ2) is 10.3. The number of H-pyrrole nitrogens is 1. The third-order valence-electron chi connectivity index (χ3n) is 6.53. The van der Waals surface area contributed by atoms with Crippen LogP contribution in [0.1, 0.15) is 27.3 Å². The van der Waals surface area contributed by atoms with Crippen molar-refractivity contribution < 1.29 is 18.0 Å². The minimum absolute atomic E-state index is 0.211. The molecule has 7 nitrogen and oxygen atoms in total. The third kappa shape index (κ3) is 5.29. The van der Waals surface area contributed by atoms with Crippen molar-refractivity contribution in [2.75, 3.05) is 5.32 Å². The highest BCUT2D eigenvalue weighted by Crippen LogP contribution is 2.33. The Kier molecular flexibility index (Phi) is 6.53. The summed E-state index contributed by atoms with van der Waals surface area (Å²) < 4.78 is 41.3. The number of pyridine rings is 1. The number of nitrogens with zero attached hydrogens (tertiary/aromatic N) is 3. The van der Waals surface area contributed by atoms with E-state index in [-0.39, 0.29) is 11.6 Å². The molecule has 0 aliphatic carbocycles. The number of halogens is 3. The SMILES string of the molecule is O=C(Nc1nc2cc(-c3cccc(C(F)(F)F)c3)ccc2[nH]1)c1cn2c(CNCc3ccccc3)cccc2n1. The number of nitrogens with one attached hydrogen (secondary N) is 3. The molecule has 3 aromatic heterocycles. The molecular formula is C30H23F3N6O. The molecule has 0 spiro atoms. The summed E-state index contributed by atoms with van der Waals surface area (Å²) in [5, 5.41) is 6.15. The highest BCUT2D eigenvalue weighted by molar-refractivity contribution is 6.03. The maximum Gasteiger partial charge on any atom is 0.416 e. The number of carbonyl (C=O) groups excluding carboxylic acids is 1. The number of aromatic nitrogens is 4. The van der Waals surface area contributed by atoms with Gasteiger partial charge in [0, 0.05) is 25.0 Å². The first-order valence-corrected chi connectivity index (χ1v) is 12.5. The lowest BCUT2D eigenvalue weighted by atomic mass is 10.0. The summed E-state index contributed by atoms with van der Waals surface area (Å²) in [5.74, 6) is -0.230. The summed E-state index contributed by atoms with van der Waals surface area (Å²) in [6.07, 6.45) is -2.75. The van der Waals surface area contributed by atoms with Crippen LogP contribution in [0.3, 0.4) is 0 Å². The van der Waals surface area contributed by atoms with Gasteiger partial charge in [0.1, 0.15) is 11.3 Å². The van der Waals surface area contributed by atoms with Crippen molar-refractivity contribution in [1.82, 2.24) is 24.7 Å². The van der Waals surface area contributed by atoms with Crippen molar-refractivity contribution in [2.45, 2.75) is 19.3 Å².